The van der Waals surface area contributed by atoms with Crippen LogP contribution in [0.25, 0.3) is 0 Å². The number of nitrogens with one attached hydrogen (secondary N) is 1. The van der Waals surface area contributed by atoms with Crippen molar-refractivity contribution in [1.82, 2.24) is 4.98 Å². The highest BCUT2D eigenvalue weighted by Gasteiger charge is 2.25. The Kier molecular flexibility index (Phi) is 33.9. The molecule has 1 aromatic heterocycles. The average Bonchev–Trinajstić information content (AvgIpc) is 3.59. The molecular formula is C46H91N2+. The van der Waals surface area contributed by atoms with E-state index in [0.29, 0.717) is 12.0 Å². The molecule has 0 amide bonds. The highest BCUT2D eigenvalue weighted by molar-refractivity contribution is 4.90. The molecule has 0 aliphatic carbocycles. The Morgan fingerprint density at radius 1 is 0.396 bits per heavy atom. The van der Waals surface area contributed by atoms with Gasteiger partial charge in [-0.05, 0) is 32.6 Å². The predicted octanol–water partition coefficient (Wildman–Crippen LogP) is 16.4. The van der Waals surface area contributed by atoms with Gasteiger partial charge in [0.2, 0.25) is 0 Å². The van der Waals surface area contributed by atoms with Gasteiger partial charge in [-0.15, -0.1) is 0 Å². The van der Waals surface area contributed by atoms with Crippen LogP contribution in [0.3, 0.4) is 0 Å². The third-order valence-electron chi connectivity index (χ3n) is 11.4. The highest BCUT2D eigenvalue weighted by atomic mass is 15.1. The molecule has 1 aromatic rings. The van der Waals surface area contributed by atoms with E-state index >= 15 is 0 Å². The van der Waals surface area contributed by atoms with Crippen LogP contribution in [0.2, 0.25) is 0 Å². The van der Waals surface area contributed by atoms with E-state index < -0.39 is 0 Å². The molecule has 2 atom stereocenters. The summed E-state index contributed by atoms with van der Waals surface area (Å²) in [4.78, 5) is 3.77. The quantitative estimate of drug-likeness (QED) is 0.0531. The van der Waals surface area contributed by atoms with E-state index in [1.807, 2.05) is 0 Å². The first-order chi connectivity index (χ1) is 23.7. The van der Waals surface area contributed by atoms with Crippen molar-refractivity contribution in [3.8, 4) is 0 Å². The number of unbranched alkanes of at least 4 members (excludes halogenated alkanes) is 31. The maximum atomic E-state index is 3.77. The lowest BCUT2D eigenvalue weighted by atomic mass is 9.92. The fourth-order valence-electron chi connectivity index (χ4n) is 8.02. The van der Waals surface area contributed by atoms with Gasteiger partial charge >= 0.3 is 0 Å². The standard InChI is InChI=1S/C46H90N2/c1-5-8-11-14-17-19-21-22-23-24-25-27-29-32-35-38-41-45(40-37-34-30-16-13-10-7-3)46-47-42-43-48(46)44(4)39-36-33-31-28-26-20-18-15-12-9-6-2/h42-45H,5-41H2,1-4H3/p+1. The fourth-order valence-corrected chi connectivity index (χ4v) is 8.02. The summed E-state index contributed by atoms with van der Waals surface area (Å²) >= 11 is 0. The molecule has 1 rings (SSSR count). The second kappa shape index (κ2) is 36.0. The van der Waals surface area contributed by atoms with E-state index in [0.717, 1.165) is 0 Å². The molecule has 0 bridgehead atoms. The van der Waals surface area contributed by atoms with Crippen molar-refractivity contribution in [2.75, 3.05) is 0 Å². The van der Waals surface area contributed by atoms with Crippen molar-refractivity contribution < 1.29 is 4.57 Å². The van der Waals surface area contributed by atoms with Crippen LogP contribution in [-0.2, 0) is 0 Å². The van der Waals surface area contributed by atoms with Crippen molar-refractivity contribution in [3.63, 3.8) is 0 Å². The largest absolute Gasteiger partial charge is 0.257 e. The molecule has 1 heterocycles. The first-order valence-electron chi connectivity index (χ1n) is 22.8. The molecule has 2 heteroatoms. The summed E-state index contributed by atoms with van der Waals surface area (Å²) in [5, 5.41) is 0. The van der Waals surface area contributed by atoms with Gasteiger partial charge in [0, 0.05) is 0 Å². The van der Waals surface area contributed by atoms with Crippen LogP contribution in [0.5, 0.6) is 0 Å². The number of hydrogen-bond donors (Lipinski definition) is 1. The molecule has 1 N–H and O–H groups in total. The molecule has 0 spiro atoms. The van der Waals surface area contributed by atoms with Crippen LogP contribution in [0.4, 0.5) is 0 Å². The van der Waals surface area contributed by atoms with Crippen LogP contribution in [0, 0.1) is 0 Å². The van der Waals surface area contributed by atoms with E-state index in [9.17, 15) is 0 Å². The molecule has 2 unspecified atom stereocenters. The van der Waals surface area contributed by atoms with Gasteiger partial charge < -0.3 is 0 Å². The number of H-pyrrole nitrogens is 1. The predicted molar refractivity (Wildman–Crippen MR) is 216 cm³/mol. The lowest BCUT2D eigenvalue weighted by Crippen LogP contribution is -2.41. The van der Waals surface area contributed by atoms with Crippen molar-refractivity contribution in [3.05, 3.63) is 18.2 Å². The topological polar surface area (TPSA) is 19.7 Å². The molecule has 0 saturated carbocycles. The van der Waals surface area contributed by atoms with Gasteiger partial charge in [-0.1, -0.05) is 233 Å². The molecule has 0 radical (unpaired) electrons. The van der Waals surface area contributed by atoms with Gasteiger partial charge in [0.15, 0.2) is 0 Å². The third kappa shape index (κ3) is 27.0. The molecule has 2 nitrogen and oxygen atoms in total. The SMILES string of the molecule is CCCCCCCCCCCCCCCCCCC(CCCCCCCCC)c1[nH]cc[n+]1C(C)CCCCCCCCCCCCC. The Balaban J connectivity index is 2.31. The first-order valence-corrected chi connectivity index (χ1v) is 22.8. The van der Waals surface area contributed by atoms with Gasteiger partial charge in [0.25, 0.3) is 5.82 Å². The summed E-state index contributed by atoms with van der Waals surface area (Å²) in [6, 6.07) is 0.618. The zero-order valence-corrected chi connectivity index (χ0v) is 33.9. The molecular weight excluding hydrogens is 581 g/mol. The van der Waals surface area contributed by atoms with Gasteiger partial charge in [-0.3, -0.25) is 0 Å². The van der Waals surface area contributed by atoms with Crippen molar-refractivity contribution in [2.24, 2.45) is 0 Å². The Hall–Kier alpha value is -0.790. The minimum Gasteiger partial charge on any atom is -0.247 e. The monoisotopic (exact) mass is 672 g/mol. The normalized spacial score (nSPS) is 13.0. The van der Waals surface area contributed by atoms with E-state index in [1.54, 1.807) is 0 Å². The van der Waals surface area contributed by atoms with Gasteiger partial charge in [-0.25, -0.2) is 9.55 Å². The van der Waals surface area contributed by atoms with Gasteiger partial charge in [-0.2, -0.15) is 0 Å². The van der Waals surface area contributed by atoms with Crippen LogP contribution in [0.1, 0.15) is 283 Å². The second-order valence-corrected chi connectivity index (χ2v) is 16.1. The number of imidazole rings is 1. The molecule has 284 valence electrons. The molecule has 0 aromatic carbocycles. The van der Waals surface area contributed by atoms with E-state index in [1.165, 1.54) is 243 Å². The Labute approximate surface area is 304 Å². The van der Waals surface area contributed by atoms with Crippen LogP contribution in [0.15, 0.2) is 12.4 Å². The number of rotatable bonds is 39. The molecule has 0 aliphatic rings. The van der Waals surface area contributed by atoms with E-state index in [4.69, 9.17) is 0 Å². The number of aromatic nitrogens is 2. The minimum atomic E-state index is 0.618. The van der Waals surface area contributed by atoms with Crippen molar-refractivity contribution in [2.45, 2.75) is 277 Å². The average molecular weight is 672 g/mol. The third-order valence-corrected chi connectivity index (χ3v) is 11.4. The lowest BCUT2D eigenvalue weighted by Gasteiger charge is -2.17. The summed E-state index contributed by atoms with van der Waals surface area (Å²) in [5.74, 6) is 2.25. The lowest BCUT2D eigenvalue weighted by molar-refractivity contribution is -0.727. The number of aromatic amines is 1. The maximum absolute atomic E-state index is 3.77. The summed E-state index contributed by atoms with van der Waals surface area (Å²) in [5.41, 5.74) is 0. The zero-order valence-electron chi connectivity index (χ0n) is 33.9. The van der Waals surface area contributed by atoms with Crippen LogP contribution in [-0.4, -0.2) is 4.98 Å². The Bertz CT molecular complexity index is 738. The van der Waals surface area contributed by atoms with Crippen molar-refractivity contribution >= 4 is 0 Å². The Morgan fingerprint density at radius 3 is 0.979 bits per heavy atom. The highest BCUT2D eigenvalue weighted by Crippen LogP contribution is 2.27. The van der Waals surface area contributed by atoms with E-state index in [-0.39, 0.29) is 0 Å². The summed E-state index contributed by atoms with van der Waals surface area (Å²) in [7, 11) is 0. The summed E-state index contributed by atoms with van der Waals surface area (Å²) in [6.07, 6.45) is 57.6. The smallest absolute Gasteiger partial charge is 0.247 e. The molecule has 0 fully saturated rings. The van der Waals surface area contributed by atoms with Gasteiger partial charge in [0.1, 0.15) is 12.4 Å². The minimum absolute atomic E-state index is 0.618. The Morgan fingerprint density at radius 2 is 0.667 bits per heavy atom. The molecule has 0 saturated heterocycles. The van der Waals surface area contributed by atoms with Gasteiger partial charge in [0.05, 0.1) is 12.0 Å². The molecule has 0 aliphatic heterocycles. The number of hydrogen-bond acceptors (Lipinski definition) is 0. The second-order valence-electron chi connectivity index (χ2n) is 16.1. The first kappa shape index (κ1) is 45.2. The zero-order chi connectivity index (χ0) is 34.6. The summed E-state index contributed by atoms with van der Waals surface area (Å²) < 4.78 is 2.65. The van der Waals surface area contributed by atoms with Crippen molar-refractivity contribution in [1.29, 1.82) is 0 Å². The summed E-state index contributed by atoms with van der Waals surface area (Å²) in [6.45, 7) is 9.43. The maximum Gasteiger partial charge on any atom is 0.257 e. The number of nitrogens with zero attached hydrogens (tertiary/aromatic N) is 1. The van der Waals surface area contributed by atoms with Crippen LogP contribution >= 0.6 is 0 Å². The van der Waals surface area contributed by atoms with E-state index in [2.05, 4.69) is 49.6 Å². The van der Waals surface area contributed by atoms with Crippen LogP contribution < -0.4 is 4.57 Å². The fraction of sp³-hybridized carbons (Fsp3) is 0.935. The molecule has 48 heavy (non-hydrogen) atoms.